The van der Waals surface area contributed by atoms with Gasteiger partial charge in [-0.15, -0.1) is 24.0 Å². The number of halogens is 1. The number of unbranched alkanes of at least 4 members (excludes halogenated alkanes) is 3. The fourth-order valence-corrected chi connectivity index (χ4v) is 1.66. The maximum atomic E-state index is 8.62. The van der Waals surface area contributed by atoms with Crippen LogP contribution in [-0.2, 0) is 4.74 Å². The first-order valence-electron chi connectivity index (χ1n) is 6.08. The number of aliphatic hydroxyl groups is 1. The van der Waals surface area contributed by atoms with Crippen LogP contribution in [0.1, 0.15) is 25.7 Å². The average molecular weight is 357 g/mol. The molecule has 0 saturated carbocycles. The summed E-state index contributed by atoms with van der Waals surface area (Å²) in [7, 11) is 0. The van der Waals surface area contributed by atoms with E-state index in [0.29, 0.717) is 12.6 Å². The number of hydrogen-bond donors (Lipinski definition) is 2. The molecule has 1 aliphatic heterocycles. The van der Waals surface area contributed by atoms with Crippen LogP contribution in [0.15, 0.2) is 4.99 Å². The van der Waals surface area contributed by atoms with Gasteiger partial charge in [0.25, 0.3) is 0 Å². The number of aliphatic imine (C=N–C) groups is 1. The van der Waals surface area contributed by atoms with E-state index in [1.807, 2.05) is 0 Å². The third kappa shape index (κ3) is 7.77. The summed E-state index contributed by atoms with van der Waals surface area (Å²) < 4.78 is 5.24. The summed E-state index contributed by atoms with van der Waals surface area (Å²) in [5.74, 6) is 0.644. The molecule has 0 aliphatic carbocycles. The molecule has 0 aromatic rings. The highest BCUT2D eigenvalue weighted by Gasteiger charge is 2.11. The Labute approximate surface area is 120 Å². The van der Waals surface area contributed by atoms with E-state index in [0.717, 1.165) is 58.5 Å². The van der Waals surface area contributed by atoms with Gasteiger partial charge in [0.1, 0.15) is 0 Å². The first kappa shape index (κ1) is 16.9. The van der Waals surface area contributed by atoms with E-state index in [-0.39, 0.29) is 24.0 Å². The summed E-state index contributed by atoms with van der Waals surface area (Å²) in [6.07, 6.45) is 4.12. The summed E-state index contributed by atoms with van der Waals surface area (Å²) >= 11 is 0. The molecule has 0 radical (unpaired) electrons. The van der Waals surface area contributed by atoms with E-state index in [9.17, 15) is 0 Å². The largest absolute Gasteiger partial charge is 0.396 e. The number of nitrogens with zero attached hydrogens (tertiary/aromatic N) is 2. The van der Waals surface area contributed by atoms with E-state index in [1.54, 1.807) is 0 Å². The lowest BCUT2D eigenvalue weighted by Crippen LogP contribution is -2.44. The molecule has 0 aromatic carbocycles. The molecule has 1 saturated heterocycles. The van der Waals surface area contributed by atoms with Gasteiger partial charge in [-0.05, 0) is 12.8 Å². The molecule has 0 amide bonds. The number of morpholine rings is 1. The van der Waals surface area contributed by atoms with Crippen molar-refractivity contribution in [3.8, 4) is 0 Å². The first-order valence-corrected chi connectivity index (χ1v) is 6.08. The lowest BCUT2D eigenvalue weighted by atomic mass is 10.2. The molecular formula is C11H24IN3O2. The van der Waals surface area contributed by atoms with Crippen molar-refractivity contribution >= 4 is 29.9 Å². The van der Waals surface area contributed by atoms with Crippen LogP contribution in [-0.4, -0.2) is 55.4 Å². The Balaban J connectivity index is 0.00000256. The number of ether oxygens (including phenoxy) is 1. The molecule has 0 unspecified atom stereocenters. The predicted molar refractivity (Wildman–Crippen MR) is 79.9 cm³/mol. The van der Waals surface area contributed by atoms with Gasteiger partial charge >= 0.3 is 0 Å². The highest BCUT2D eigenvalue weighted by atomic mass is 127. The average Bonchev–Trinajstić information content (AvgIpc) is 2.34. The number of hydrogen-bond acceptors (Lipinski definition) is 3. The minimum absolute atomic E-state index is 0. The Kier molecular flexibility index (Phi) is 11.0. The van der Waals surface area contributed by atoms with Crippen LogP contribution < -0.4 is 5.73 Å². The molecule has 5 nitrogen and oxygen atoms in total. The van der Waals surface area contributed by atoms with Crippen molar-refractivity contribution in [2.24, 2.45) is 10.7 Å². The zero-order chi connectivity index (χ0) is 11.6. The van der Waals surface area contributed by atoms with Crippen molar-refractivity contribution in [3.05, 3.63) is 0 Å². The number of aliphatic hydroxyl groups excluding tert-OH is 1. The quantitative estimate of drug-likeness (QED) is 0.319. The Bertz CT molecular complexity index is 209. The van der Waals surface area contributed by atoms with E-state index >= 15 is 0 Å². The monoisotopic (exact) mass is 357 g/mol. The lowest BCUT2D eigenvalue weighted by Gasteiger charge is -2.27. The minimum Gasteiger partial charge on any atom is -0.396 e. The number of guanidine groups is 1. The highest BCUT2D eigenvalue weighted by molar-refractivity contribution is 14.0. The molecule has 102 valence electrons. The fourth-order valence-electron chi connectivity index (χ4n) is 1.66. The molecule has 1 rings (SSSR count). The summed E-state index contributed by atoms with van der Waals surface area (Å²) in [5, 5.41) is 8.62. The predicted octanol–water partition coefficient (Wildman–Crippen LogP) is 0.804. The van der Waals surface area contributed by atoms with Gasteiger partial charge in [-0.25, -0.2) is 0 Å². The van der Waals surface area contributed by atoms with Crippen LogP contribution in [0.5, 0.6) is 0 Å². The van der Waals surface area contributed by atoms with Gasteiger partial charge in [-0.2, -0.15) is 0 Å². The highest BCUT2D eigenvalue weighted by Crippen LogP contribution is 2.00. The third-order valence-corrected chi connectivity index (χ3v) is 2.68. The van der Waals surface area contributed by atoms with Crippen LogP contribution in [0, 0.1) is 0 Å². The standard InChI is InChI=1S/C11H23N3O2.HI/c12-11(14-6-9-16-10-7-14)13-5-3-1-2-4-8-15;/h15H,1-10H2,(H2,12,13);1H. The molecule has 0 aromatic heterocycles. The van der Waals surface area contributed by atoms with Gasteiger partial charge in [0, 0.05) is 26.2 Å². The molecule has 1 aliphatic rings. The van der Waals surface area contributed by atoms with Gasteiger partial charge in [-0.3, -0.25) is 4.99 Å². The Morgan fingerprint density at radius 2 is 1.82 bits per heavy atom. The van der Waals surface area contributed by atoms with E-state index < -0.39 is 0 Å². The van der Waals surface area contributed by atoms with Crippen molar-refractivity contribution in [2.75, 3.05) is 39.5 Å². The van der Waals surface area contributed by atoms with Crippen LogP contribution >= 0.6 is 24.0 Å². The topological polar surface area (TPSA) is 71.1 Å². The molecule has 1 heterocycles. The Hall–Kier alpha value is -0.0800. The molecule has 17 heavy (non-hydrogen) atoms. The fraction of sp³-hybridized carbons (Fsp3) is 0.909. The van der Waals surface area contributed by atoms with Crippen LogP contribution in [0.2, 0.25) is 0 Å². The molecule has 1 fully saturated rings. The normalized spacial score (nSPS) is 16.8. The van der Waals surface area contributed by atoms with Gasteiger partial charge in [0.2, 0.25) is 0 Å². The van der Waals surface area contributed by atoms with Gasteiger partial charge < -0.3 is 20.5 Å². The lowest BCUT2D eigenvalue weighted by molar-refractivity contribution is 0.0674. The zero-order valence-corrected chi connectivity index (χ0v) is 12.6. The second kappa shape index (κ2) is 11.0. The number of nitrogens with two attached hydrogens (primary N) is 1. The molecule has 3 N–H and O–H groups in total. The third-order valence-electron chi connectivity index (χ3n) is 2.68. The summed E-state index contributed by atoms with van der Waals surface area (Å²) in [6, 6.07) is 0. The van der Waals surface area contributed by atoms with Crippen molar-refractivity contribution < 1.29 is 9.84 Å². The molecule has 0 bridgehead atoms. The van der Waals surface area contributed by atoms with Crippen LogP contribution in [0.3, 0.4) is 0 Å². The van der Waals surface area contributed by atoms with Crippen molar-refractivity contribution in [1.82, 2.24) is 4.90 Å². The molecule has 0 atom stereocenters. The summed E-state index contributed by atoms with van der Waals surface area (Å²) in [5.41, 5.74) is 5.87. The number of rotatable bonds is 6. The van der Waals surface area contributed by atoms with E-state index in [4.69, 9.17) is 15.6 Å². The second-order valence-electron chi connectivity index (χ2n) is 3.98. The Morgan fingerprint density at radius 1 is 1.18 bits per heavy atom. The van der Waals surface area contributed by atoms with Crippen LogP contribution in [0.25, 0.3) is 0 Å². The smallest absolute Gasteiger partial charge is 0.191 e. The van der Waals surface area contributed by atoms with Gasteiger partial charge in [0.15, 0.2) is 5.96 Å². The van der Waals surface area contributed by atoms with Crippen LogP contribution in [0.4, 0.5) is 0 Å². The first-order chi connectivity index (χ1) is 7.84. The SMILES string of the molecule is I.NC(=NCCCCCCO)N1CCOCC1. The summed E-state index contributed by atoms with van der Waals surface area (Å²) in [4.78, 5) is 6.41. The van der Waals surface area contributed by atoms with Crippen molar-refractivity contribution in [2.45, 2.75) is 25.7 Å². The van der Waals surface area contributed by atoms with Gasteiger partial charge in [-0.1, -0.05) is 12.8 Å². The minimum atomic E-state index is 0. The molecular weight excluding hydrogens is 333 g/mol. The van der Waals surface area contributed by atoms with E-state index in [2.05, 4.69) is 9.89 Å². The molecule has 6 heteroatoms. The summed E-state index contributed by atoms with van der Waals surface area (Å²) in [6.45, 7) is 4.26. The van der Waals surface area contributed by atoms with Crippen molar-refractivity contribution in [3.63, 3.8) is 0 Å². The van der Waals surface area contributed by atoms with Gasteiger partial charge in [0.05, 0.1) is 13.2 Å². The maximum absolute atomic E-state index is 8.62. The Morgan fingerprint density at radius 3 is 2.47 bits per heavy atom. The van der Waals surface area contributed by atoms with E-state index in [1.165, 1.54) is 0 Å². The maximum Gasteiger partial charge on any atom is 0.191 e. The second-order valence-corrected chi connectivity index (χ2v) is 3.98. The molecule has 0 spiro atoms. The zero-order valence-electron chi connectivity index (χ0n) is 10.3. The van der Waals surface area contributed by atoms with Crippen molar-refractivity contribution in [1.29, 1.82) is 0 Å².